The van der Waals surface area contributed by atoms with E-state index >= 15 is 0 Å². The molecule has 188 valence electrons. The second-order valence-corrected chi connectivity index (χ2v) is 8.00. The molecular formula is C29H32N2O5. The number of nitrogens with zero attached hydrogens (tertiary/aromatic N) is 2. The number of carbonyl (C=O) groups is 2. The number of methoxy groups -OCH3 is 1. The monoisotopic (exact) mass is 488 g/mol. The van der Waals surface area contributed by atoms with Crippen molar-refractivity contribution in [2.24, 2.45) is 0 Å². The predicted octanol–water partition coefficient (Wildman–Crippen LogP) is 6.77. The summed E-state index contributed by atoms with van der Waals surface area (Å²) < 4.78 is 11.0. The molecule has 3 aromatic rings. The normalized spacial score (nSPS) is 11.2. The van der Waals surface area contributed by atoms with Gasteiger partial charge in [0, 0.05) is 30.2 Å². The molecule has 0 radical (unpaired) electrons. The third kappa shape index (κ3) is 7.71. The number of carbonyl (C=O) groups excluding carboxylic acids is 1. The number of hydrogen-bond donors (Lipinski definition) is 1. The average Bonchev–Trinajstić information content (AvgIpc) is 3.36. The number of aromatic nitrogens is 2. The number of hydrogen-bond acceptors (Lipinski definition) is 6. The molecule has 7 heteroatoms. The summed E-state index contributed by atoms with van der Waals surface area (Å²) in [5.41, 5.74) is 6.19. The van der Waals surface area contributed by atoms with Crippen LogP contribution < -0.4 is 0 Å². The Bertz CT molecular complexity index is 1280. The van der Waals surface area contributed by atoms with Crippen LogP contribution in [-0.4, -0.2) is 34.1 Å². The summed E-state index contributed by atoms with van der Waals surface area (Å²) in [6.45, 7) is 11.6. The number of ether oxygens (including phenoxy) is 1. The van der Waals surface area contributed by atoms with Gasteiger partial charge in [0.2, 0.25) is 5.82 Å². The molecule has 0 aliphatic rings. The Morgan fingerprint density at radius 1 is 1.14 bits per heavy atom. The van der Waals surface area contributed by atoms with E-state index < -0.39 is 5.97 Å². The van der Waals surface area contributed by atoms with Gasteiger partial charge in [-0.25, -0.2) is 0 Å². The predicted molar refractivity (Wildman–Crippen MR) is 141 cm³/mol. The van der Waals surface area contributed by atoms with E-state index in [9.17, 15) is 9.59 Å². The molecule has 1 N–H and O–H groups in total. The van der Waals surface area contributed by atoms with Gasteiger partial charge in [0.1, 0.15) is 0 Å². The molecule has 0 atom stereocenters. The number of benzene rings is 2. The lowest BCUT2D eigenvalue weighted by Gasteiger charge is -2.13. The molecule has 0 spiro atoms. The zero-order valence-corrected chi connectivity index (χ0v) is 21.4. The summed E-state index contributed by atoms with van der Waals surface area (Å²) in [6, 6.07) is 13.2. The van der Waals surface area contributed by atoms with Crippen LogP contribution in [0.25, 0.3) is 28.4 Å². The van der Waals surface area contributed by atoms with E-state index in [2.05, 4.69) is 16.7 Å². The second kappa shape index (κ2) is 13.7. The van der Waals surface area contributed by atoms with Crippen molar-refractivity contribution in [1.29, 1.82) is 0 Å². The highest BCUT2D eigenvalue weighted by atomic mass is 16.5. The minimum atomic E-state index is -0.745. The third-order valence-electron chi connectivity index (χ3n) is 5.11. The van der Waals surface area contributed by atoms with Crippen molar-refractivity contribution >= 4 is 17.3 Å². The van der Waals surface area contributed by atoms with E-state index in [-0.39, 0.29) is 12.2 Å². The molecule has 1 heterocycles. The molecule has 36 heavy (non-hydrogen) atoms. The molecule has 0 saturated carbocycles. The van der Waals surface area contributed by atoms with Crippen molar-refractivity contribution in [3.63, 3.8) is 0 Å². The zero-order chi connectivity index (χ0) is 26.7. The fourth-order valence-electron chi connectivity index (χ4n) is 3.25. The van der Waals surface area contributed by atoms with Gasteiger partial charge in [-0.3, -0.25) is 9.59 Å². The Balaban J connectivity index is 0.000000830. The van der Waals surface area contributed by atoms with Crippen LogP contribution in [0, 0.1) is 0 Å². The topological polar surface area (TPSA) is 103 Å². The number of rotatable bonds is 9. The van der Waals surface area contributed by atoms with Crippen LogP contribution >= 0.6 is 0 Å². The summed E-state index contributed by atoms with van der Waals surface area (Å²) in [6.07, 6.45) is 6.24. The van der Waals surface area contributed by atoms with Crippen LogP contribution in [0.4, 0.5) is 0 Å². The Morgan fingerprint density at radius 3 is 2.44 bits per heavy atom. The molecule has 0 fully saturated rings. The smallest absolute Gasteiger partial charge is 0.303 e. The number of carboxylic acids is 1. The Kier molecular flexibility index (Phi) is 10.7. The average molecular weight is 489 g/mol. The molecule has 0 aliphatic heterocycles. The molecular weight excluding hydrogens is 456 g/mol. The van der Waals surface area contributed by atoms with Crippen molar-refractivity contribution in [3.05, 3.63) is 89.5 Å². The molecule has 0 aliphatic carbocycles. The lowest BCUT2D eigenvalue weighted by atomic mass is 9.93. The molecule has 1 aromatic heterocycles. The maximum atomic E-state index is 11.7. The molecule has 2 aromatic carbocycles. The minimum Gasteiger partial charge on any atom is -0.481 e. The van der Waals surface area contributed by atoms with Crippen molar-refractivity contribution in [2.75, 3.05) is 7.11 Å². The number of aliphatic carboxylic acids is 1. The lowest BCUT2D eigenvalue weighted by Crippen LogP contribution is -1.97. The first kappa shape index (κ1) is 28.1. The summed E-state index contributed by atoms with van der Waals surface area (Å²) >= 11 is 0. The van der Waals surface area contributed by atoms with Gasteiger partial charge in [-0.05, 0) is 55.7 Å². The van der Waals surface area contributed by atoms with E-state index in [4.69, 9.17) is 14.4 Å². The number of ketones is 1. The van der Waals surface area contributed by atoms with Crippen LogP contribution in [0.15, 0.2) is 77.4 Å². The molecule has 7 nitrogen and oxygen atoms in total. The van der Waals surface area contributed by atoms with Gasteiger partial charge in [0.05, 0.1) is 6.61 Å². The minimum absolute atomic E-state index is 0.00958. The van der Waals surface area contributed by atoms with E-state index in [0.29, 0.717) is 23.9 Å². The fourth-order valence-corrected chi connectivity index (χ4v) is 3.25. The maximum absolute atomic E-state index is 11.7. The SMILES string of the molecule is C=C(C)/C(=C\C=C/C)c1ccc(-c2nc(-c3cccc(C(C)=O)c3)no2)cc1COC.CCC(=O)O. The van der Waals surface area contributed by atoms with Gasteiger partial charge < -0.3 is 14.4 Å². The highest BCUT2D eigenvalue weighted by molar-refractivity contribution is 5.95. The summed E-state index contributed by atoms with van der Waals surface area (Å²) in [4.78, 5) is 25.6. The Labute approximate surface area is 211 Å². The van der Waals surface area contributed by atoms with Crippen molar-refractivity contribution < 1.29 is 24.0 Å². The van der Waals surface area contributed by atoms with E-state index in [0.717, 1.165) is 33.4 Å². The van der Waals surface area contributed by atoms with E-state index in [1.165, 1.54) is 6.92 Å². The first-order valence-electron chi connectivity index (χ1n) is 11.5. The third-order valence-corrected chi connectivity index (χ3v) is 5.11. The van der Waals surface area contributed by atoms with Gasteiger partial charge in [-0.2, -0.15) is 4.98 Å². The number of Topliss-reactive ketones (excluding diaryl/α,β-unsaturated/α-hetero) is 1. The van der Waals surface area contributed by atoms with Gasteiger partial charge in [0.15, 0.2) is 5.78 Å². The van der Waals surface area contributed by atoms with Gasteiger partial charge in [-0.1, -0.05) is 66.7 Å². The van der Waals surface area contributed by atoms with Crippen LogP contribution in [0.5, 0.6) is 0 Å². The summed E-state index contributed by atoms with van der Waals surface area (Å²) in [5, 5.41) is 11.8. The van der Waals surface area contributed by atoms with Crippen LogP contribution in [0.1, 0.15) is 55.6 Å². The van der Waals surface area contributed by atoms with E-state index in [1.807, 2.05) is 62.4 Å². The fraction of sp³-hybridized carbons (Fsp3) is 0.241. The summed E-state index contributed by atoms with van der Waals surface area (Å²) in [5.74, 6) is 0.0853. The second-order valence-electron chi connectivity index (χ2n) is 8.00. The number of allylic oxidation sites excluding steroid dienone is 5. The Morgan fingerprint density at radius 2 is 1.86 bits per heavy atom. The molecule has 0 saturated heterocycles. The highest BCUT2D eigenvalue weighted by Gasteiger charge is 2.15. The van der Waals surface area contributed by atoms with Gasteiger partial charge in [0.25, 0.3) is 5.89 Å². The molecule has 0 unspecified atom stereocenters. The maximum Gasteiger partial charge on any atom is 0.303 e. The lowest BCUT2D eigenvalue weighted by molar-refractivity contribution is -0.136. The Hall–Kier alpha value is -4.10. The highest BCUT2D eigenvalue weighted by Crippen LogP contribution is 2.30. The number of carboxylic acid groups (broad SMARTS) is 1. The first-order chi connectivity index (χ1) is 17.2. The molecule has 0 amide bonds. The van der Waals surface area contributed by atoms with Crippen molar-refractivity contribution in [3.8, 4) is 22.8 Å². The van der Waals surface area contributed by atoms with Gasteiger partial charge >= 0.3 is 5.97 Å². The summed E-state index contributed by atoms with van der Waals surface area (Å²) in [7, 11) is 1.67. The van der Waals surface area contributed by atoms with Crippen LogP contribution in [0.3, 0.4) is 0 Å². The zero-order valence-electron chi connectivity index (χ0n) is 21.4. The largest absolute Gasteiger partial charge is 0.481 e. The van der Waals surface area contributed by atoms with Crippen molar-refractivity contribution in [1.82, 2.24) is 10.1 Å². The van der Waals surface area contributed by atoms with Crippen molar-refractivity contribution in [2.45, 2.75) is 40.7 Å². The standard InChI is InChI=1S/C26H26N2O3.C3H6O2/c1-6-7-11-23(17(2)3)24-13-12-21(15-22(24)16-30-5)26-27-25(28-31-26)20-10-8-9-19(14-20)18(4)29;1-2-3(4)5/h6-15H,2,16H2,1,3-5H3;2H2,1H3,(H,4,5)/b7-6-,23-11+;. The first-order valence-corrected chi connectivity index (χ1v) is 11.5. The van der Waals surface area contributed by atoms with Crippen LogP contribution in [-0.2, 0) is 16.1 Å². The van der Waals surface area contributed by atoms with Crippen LogP contribution in [0.2, 0.25) is 0 Å². The van der Waals surface area contributed by atoms with Gasteiger partial charge in [-0.15, -0.1) is 0 Å². The molecule has 3 rings (SSSR count). The molecule has 0 bridgehead atoms. The quantitative estimate of drug-likeness (QED) is 0.262. The van der Waals surface area contributed by atoms with E-state index in [1.54, 1.807) is 26.2 Å².